The zero-order chi connectivity index (χ0) is 20.2. The summed E-state index contributed by atoms with van der Waals surface area (Å²) in [4.78, 5) is 24.3. The van der Waals surface area contributed by atoms with E-state index in [0.29, 0.717) is 5.75 Å². The monoisotopic (exact) mass is 392 g/mol. The van der Waals surface area contributed by atoms with E-state index in [9.17, 15) is 18.0 Å². The molecule has 0 unspecified atom stereocenters. The lowest BCUT2D eigenvalue weighted by Gasteiger charge is -2.14. The van der Waals surface area contributed by atoms with Gasteiger partial charge in [0.25, 0.3) is 5.91 Å². The molecule has 0 radical (unpaired) electrons. The number of esters is 1. The first kappa shape index (κ1) is 20.4. The number of nitrogens with one attached hydrogen (secondary N) is 1. The number of methoxy groups -OCH3 is 1. The molecule has 2 aromatic carbocycles. The number of aryl methyl sites for hydroxylation is 1. The van der Waals surface area contributed by atoms with Crippen LogP contribution < -0.4 is 15.2 Å². The summed E-state index contributed by atoms with van der Waals surface area (Å²) >= 11 is 0. The predicted octanol–water partition coefficient (Wildman–Crippen LogP) is 1.84. The van der Waals surface area contributed by atoms with Gasteiger partial charge in [0.05, 0.1) is 17.6 Å². The van der Waals surface area contributed by atoms with Gasteiger partial charge in [-0.25, -0.2) is 18.4 Å². The van der Waals surface area contributed by atoms with Crippen molar-refractivity contribution in [1.29, 1.82) is 0 Å². The second kappa shape index (κ2) is 8.19. The summed E-state index contributed by atoms with van der Waals surface area (Å²) in [6.45, 7) is 3.24. The zero-order valence-corrected chi connectivity index (χ0v) is 15.9. The Bertz CT molecular complexity index is 972. The van der Waals surface area contributed by atoms with Gasteiger partial charge < -0.3 is 14.8 Å². The minimum Gasteiger partial charge on any atom is -0.496 e. The van der Waals surface area contributed by atoms with Crippen LogP contribution in [0, 0.1) is 6.92 Å². The molecule has 8 nitrogen and oxygen atoms in total. The molecule has 9 heteroatoms. The van der Waals surface area contributed by atoms with Crippen LogP contribution in [0.25, 0.3) is 0 Å². The van der Waals surface area contributed by atoms with E-state index < -0.39 is 28.0 Å². The summed E-state index contributed by atoms with van der Waals surface area (Å²) in [5, 5.41) is 7.54. The molecule has 2 rings (SSSR count). The SMILES string of the molecule is COc1cc(C(=O)O[C@H](C)C(=O)Nc2cccc(S(N)(=O)=O)c2)ccc1C. The van der Waals surface area contributed by atoms with Gasteiger partial charge in [-0.3, -0.25) is 4.79 Å². The van der Waals surface area contributed by atoms with Crippen molar-refractivity contribution in [3.8, 4) is 5.75 Å². The molecule has 0 aliphatic carbocycles. The quantitative estimate of drug-likeness (QED) is 0.723. The van der Waals surface area contributed by atoms with E-state index in [1.165, 1.54) is 44.4 Å². The number of rotatable bonds is 6. The van der Waals surface area contributed by atoms with E-state index in [2.05, 4.69) is 5.32 Å². The standard InChI is InChI=1S/C18H20N2O6S/c1-11-7-8-13(9-16(11)25-3)18(22)26-12(2)17(21)20-14-5-4-6-15(10-14)27(19,23)24/h4-10,12H,1-3H3,(H,20,21)(H2,19,23,24)/t12-/m1/s1. The summed E-state index contributed by atoms with van der Waals surface area (Å²) in [6, 6.07) is 10.2. The van der Waals surface area contributed by atoms with Gasteiger partial charge in [0, 0.05) is 5.69 Å². The Balaban J connectivity index is 2.06. The number of anilines is 1. The normalized spacial score (nSPS) is 12.1. The third-order valence-corrected chi connectivity index (χ3v) is 4.64. The second-order valence-corrected chi connectivity index (χ2v) is 7.36. The summed E-state index contributed by atoms with van der Waals surface area (Å²) < 4.78 is 33.1. The molecule has 3 N–H and O–H groups in total. The maximum atomic E-state index is 12.2. The number of carbonyl (C=O) groups excluding carboxylic acids is 2. The lowest BCUT2D eigenvalue weighted by molar-refractivity contribution is -0.123. The summed E-state index contributed by atoms with van der Waals surface area (Å²) in [7, 11) is -2.41. The van der Waals surface area contributed by atoms with E-state index in [1.54, 1.807) is 12.1 Å². The maximum Gasteiger partial charge on any atom is 0.339 e. The van der Waals surface area contributed by atoms with Crippen molar-refractivity contribution in [3.63, 3.8) is 0 Å². The number of carbonyl (C=O) groups is 2. The highest BCUT2D eigenvalue weighted by Gasteiger charge is 2.20. The van der Waals surface area contributed by atoms with Crippen molar-refractivity contribution in [1.82, 2.24) is 0 Å². The molecule has 0 heterocycles. The highest BCUT2D eigenvalue weighted by Crippen LogP contribution is 2.20. The molecule has 0 spiro atoms. The molecule has 0 aliphatic rings. The first-order valence-electron chi connectivity index (χ1n) is 7.91. The molecule has 0 aromatic heterocycles. The highest BCUT2D eigenvalue weighted by atomic mass is 32.2. The Morgan fingerprint density at radius 3 is 2.48 bits per heavy atom. The third kappa shape index (κ3) is 5.28. The number of amides is 1. The maximum absolute atomic E-state index is 12.2. The number of sulfonamides is 1. The molecular weight excluding hydrogens is 372 g/mol. The fourth-order valence-electron chi connectivity index (χ4n) is 2.22. The molecule has 27 heavy (non-hydrogen) atoms. The van der Waals surface area contributed by atoms with Crippen LogP contribution in [-0.2, 0) is 19.6 Å². The van der Waals surface area contributed by atoms with Crippen LogP contribution >= 0.6 is 0 Å². The van der Waals surface area contributed by atoms with E-state index in [1.807, 2.05) is 6.92 Å². The van der Waals surface area contributed by atoms with Crippen LogP contribution in [0.1, 0.15) is 22.8 Å². The van der Waals surface area contributed by atoms with Gasteiger partial charge >= 0.3 is 5.97 Å². The van der Waals surface area contributed by atoms with Crippen molar-refractivity contribution < 1.29 is 27.5 Å². The Morgan fingerprint density at radius 2 is 1.85 bits per heavy atom. The summed E-state index contributed by atoms with van der Waals surface area (Å²) in [5.74, 6) is -0.774. The average molecular weight is 392 g/mol. The fraction of sp³-hybridized carbons (Fsp3) is 0.222. The third-order valence-electron chi connectivity index (χ3n) is 3.73. The van der Waals surface area contributed by atoms with Gasteiger partial charge in [-0.2, -0.15) is 0 Å². The van der Waals surface area contributed by atoms with Gasteiger partial charge in [0.15, 0.2) is 6.10 Å². The van der Waals surface area contributed by atoms with Crippen LogP contribution in [-0.4, -0.2) is 33.5 Å². The molecule has 0 fully saturated rings. The molecular formula is C18H20N2O6S. The van der Waals surface area contributed by atoms with Crippen LogP contribution in [0.3, 0.4) is 0 Å². The average Bonchev–Trinajstić information content (AvgIpc) is 2.61. The number of benzene rings is 2. The van der Waals surface area contributed by atoms with E-state index in [0.717, 1.165) is 5.56 Å². The minimum absolute atomic E-state index is 0.142. The van der Waals surface area contributed by atoms with E-state index in [4.69, 9.17) is 14.6 Å². The lowest BCUT2D eigenvalue weighted by atomic mass is 10.1. The van der Waals surface area contributed by atoms with Crippen molar-refractivity contribution in [2.24, 2.45) is 5.14 Å². The first-order valence-corrected chi connectivity index (χ1v) is 9.46. The first-order chi connectivity index (χ1) is 12.6. The number of hydrogen-bond donors (Lipinski definition) is 2. The van der Waals surface area contributed by atoms with Gasteiger partial charge in [-0.1, -0.05) is 12.1 Å². The smallest absolute Gasteiger partial charge is 0.339 e. The molecule has 2 aromatic rings. The molecule has 0 aliphatic heterocycles. The van der Waals surface area contributed by atoms with Crippen molar-refractivity contribution in [3.05, 3.63) is 53.6 Å². The van der Waals surface area contributed by atoms with Crippen LogP contribution in [0.4, 0.5) is 5.69 Å². The highest BCUT2D eigenvalue weighted by molar-refractivity contribution is 7.89. The number of nitrogens with two attached hydrogens (primary N) is 1. The Kier molecular flexibility index (Phi) is 6.19. The number of primary sulfonamides is 1. The molecule has 0 saturated heterocycles. The topological polar surface area (TPSA) is 125 Å². The molecule has 1 atom stereocenters. The Labute approximate surface area is 157 Å². The van der Waals surface area contributed by atoms with E-state index in [-0.39, 0.29) is 16.1 Å². The fourth-order valence-corrected chi connectivity index (χ4v) is 2.78. The van der Waals surface area contributed by atoms with E-state index >= 15 is 0 Å². The largest absolute Gasteiger partial charge is 0.496 e. The summed E-state index contributed by atoms with van der Waals surface area (Å²) in [6.07, 6.45) is -1.11. The van der Waals surface area contributed by atoms with Crippen LogP contribution in [0.15, 0.2) is 47.4 Å². The van der Waals surface area contributed by atoms with Gasteiger partial charge in [-0.05, 0) is 49.7 Å². The molecule has 0 saturated carbocycles. The molecule has 144 valence electrons. The van der Waals surface area contributed by atoms with Gasteiger partial charge in [0.2, 0.25) is 10.0 Å². The van der Waals surface area contributed by atoms with Gasteiger partial charge in [-0.15, -0.1) is 0 Å². The number of ether oxygens (including phenoxy) is 2. The zero-order valence-electron chi connectivity index (χ0n) is 15.1. The van der Waals surface area contributed by atoms with Crippen molar-refractivity contribution in [2.75, 3.05) is 12.4 Å². The van der Waals surface area contributed by atoms with Crippen LogP contribution in [0.5, 0.6) is 5.75 Å². The lowest BCUT2D eigenvalue weighted by Crippen LogP contribution is -2.30. The molecule has 0 bridgehead atoms. The Morgan fingerprint density at radius 1 is 1.15 bits per heavy atom. The van der Waals surface area contributed by atoms with Gasteiger partial charge in [0.1, 0.15) is 5.75 Å². The van der Waals surface area contributed by atoms with Crippen molar-refractivity contribution in [2.45, 2.75) is 24.8 Å². The molecule has 1 amide bonds. The number of hydrogen-bond acceptors (Lipinski definition) is 6. The predicted molar refractivity (Wildman–Crippen MR) is 99.1 cm³/mol. The summed E-state index contributed by atoms with van der Waals surface area (Å²) in [5.41, 5.74) is 1.31. The second-order valence-electron chi connectivity index (χ2n) is 5.79. The minimum atomic E-state index is -3.90. The van der Waals surface area contributed by atoms with Crippen molar-refractivity contribution >= 4 is 27.6 Å². The van der Waals surface area contributed by atoms with Crippen LogP contribution in [0.2, 0.25) is 0 Å². The Hall–Kier alpha value is -2.91.